The van der Waals surface area contributed by atoms with Gasteiger partial charge in [-0.3, -0.25) is 0 Å². The third kappa shape index (κ3) is 7.61. The van der Waals surface area contributed by atoms with Gasteiger partial charge in [0.05, 0.1) is 10.5 Å². The van der Waals surface area contributed by atoms with Crippen LogP contribution in [0.25, 0.3) is 10.9 Å². The summed E-state index contributed by atoms with van der Waals surface area (Å²) in [7, 11) is 0. The highest BCUT2D eigenvalue weighted by Crippen LogP contribution is 2.35. The lowest BCUT2D eigenvalue weighted by atomic mass is 9.85. The maximum atomic E-state index is 13.1. The fourth-order valence-electron chi connectivity index (χ4n) is 4.77. The number of benzene rings is 2. The van der Waals surface area contributed by atoms with Crippen molar-refractivity contribution < 1.29 is 41.7 Å². The lowest BCUT2D eigenvalue weighted by Crippen LogP contribution is -3.00. The van der Waals surface area contributed by atoms with Crippen LogP contribution in [0.5, 0.6) is 0 Å². The normalized spacial score (nSPS) is 14.9. The summed E-state index contributed by atoms with van der Waals surface area (Å²) in [4.78, 5) is 1.57. The third-order valence-electron chi connectivity index (χ3n) is 6.46. The molecule has 1 aliphatic carbocycles. The zero-order valence-electron chi connectivity index (χ0n) is 18.8. The molecule has 2 aromatic carbocycles. The smallest absolute Gasteiger partial charge is 0.416 e. The molecule has 0 saturated heterocycles. The molecule has 4 rings (SSSR count). The molecule has 0 unspecified atom stereocenters. The molecule has 0 aliphatic heterocycles. The average molecular weight is 586 g/mol. The van der Waals surface area contributed by atoms with E-state index in [2.05, 4.69) is 29.0 Å². The van der Waals surface area contributed by atoms with Crippen LogP contribution in [-0.4, -0.2) is 0 Å². The van der Waals surface area contributed by atoms with Gasteiger partial charge in [0.1, 0.15) is 6.54 Å². The van der Waals surface area contributed by atoms with Gasteiger partial charge >= 0.3 is 6.18 Å². The number of fused-ring (bicyclic) bond motifs is 1. The van der Waals surface area contributed by atoms with Crippen LogP contribution in [0.15, 0.2) is 70.6 Å². The Hall–Kier alpha value is -1.28. The Balaban J connectivity index is 0.00000306. The summed E-state index contributed by atoms with van der Waals surface area (Å²) >= 11 is 1.39. The standard InChI is InChI=1S/C27H31F3NS.HI/c28-27(29,30)23-14-9-15-24(19-23)32-25-18-22-13-6-7-16-26(22)31(20-25)17-8-2-5-12-21-10-3-1-4-11-21;/h6-7,9,13-16,18-21H,1-5,8,10-12,17H2;1H/q+1;/p-1. The Morgan fingerprint density at radius 1 is 0.848 bits per heavy atom. The number of hydrogen-bond donors (Lipinski definition) is 0. The third-order valence-corrected chi connectivity index (χ3v) is 7.41. The highest BCUT2D eigenvalue weighted by Gasteiger charge is 2.30. The molecule has 178 valence electrons. The highest BCUT2D eigenvalue weighted by atomic mass is 127. The molecule has 33 heavy (non-hydrogen) atoms. The molecule has 1 fully saturated rings. The maximum Gasteiger partial charge on any atom is 0.416 e. The van der Waals surface area contributed by atoms with Crippen molar-refractivity contribution >= 4 is 22.7 Å². The number of aryl methyl sites for hydroxylation is 1. The molecule has 0 N–H and O–H groups in total. The lowest BCUT2D eigenvalue weighted by Gasteiger charge is -2.21. The summed E-state index contributed by atoms with van der Waals surface area (Å²) in [5.41, 5.74) is 0.572. The van der Waals surface area contributed by atoms with Crippen LogP contribution in [0.2, 0.25) is 0 Å². The molecule has 0 radical (unpaired) electrons. The van der Waals surface area contributed by atoms with Crippen LogP contribution in [-0.2, 0) is 12.7 Å². The van der Waals surface area contributed by atoms with E-state index in [-0.39, 0.29) is 24.0 Å². The lowest BCUT2D eigenvalue weighted by molar-refractivity contribution is -0.673. The van der Waals surface area contributed by atoms with Crippen molar-refractivity contribution in [1.29, 1.82) is 0 Å². The van der Waals surface area contributed by atoms with Gasteiger partial charge in [0.25, 0.3) is 0 Å². The van der Waals surface area contributed by atoms with Crippen LogP contribution < -0.4 is 28.5 Å². The van der Waals surface area contributed by atoms with Gasteiger partial charge in [0, 0.05) is 22.8 Å². The van der Waals surface area contributed by atoms with Gasteiger partial charge in [-0.2, -0.15) is 17.7 Å². The van der Waals surface area contributed by atoms with Crippen molar-refractivity contribution in [2.24, 2.45) is 5.92 Å². The zero-order valence-corrected chi connectivity index (χ0v) is 21.8. The number of aromatic nitrogens is 1. The Kier molecular flexibility index (Phi) is 9.92. The number of hydrogen-bond acceptors (Lipinski definition) is 1. The SMILES string of the molecule is FC(F)(F)c1cccc(Sc2cc3ccccc3[n+](CCCCCC3CCCCC3)c2)c1.[I-]. The summed E-state index contributed by atoms with van der Waals surface area (Å²) < 4.78 is 41.5. The summed E-state index contributed by atoms with van der Waals surface area (Å²) in [6, 6.07) is 15.9. The van der Waals surface area contributed by atoms with E-state index in [4.69, 9.17) is 0 Å². The first kappa shape index (κ1) is 26.3. The minimum atomic E-state index is -4.32. The Labute approximate surface area is 216 Å². The summed E-state index contributed by atoms with van der Waals surface area (Å²) in [5, 5.41) is 1.12. The molecule has 3 aromatic rings. The molecule has 6 heteroatoms. The first-order valence-electron chi connectivity index (χ1n) is 11.8. The van der Waals surface area contributed by atoms with Gasteiger partial charge in [0.2, 0.25) is 5.52 Å². The second-order valence-corrected chi connectivity index (χ2v) is 10.1. The summed E-state index contributed by atoms with van der Waals surface area (Å²) in [5.74, 6) is 0.935. The van der Waals surface area contributed by atoms with Crippen LogP contribution in [0.4, 0.5) is 13.2 Å². The van der Waals surface area contributed by atoms with E-state index in [1.54, 1.807) is 6.07 Å². The fourth-order valence-corrected chi connectivity index (χ4v) is 5.74. The average Bonchev–Trinajstić information content (AvgIpc) is 2.79. The maximum absolute atomic E-state index is 13.1. The van der Waals surface area contributed by atoms with E-state index < -0.39 is 11.7 Å². The minimum Gasteiger partial charge on any atom is -1.00 e. The number of pyridine rings is 1. The molecule has 0 spiro atoms. The summed E-state index contributed by atoms with van der Waals surface area (Å²) in [6.45, 7) is 0.933. The van der Waals surface area contributed by atoms with Crippen LogP contribution >= 0.6 is 11.8 Å². The molecular formula is C27H31F3INS. The second-order valence-electron chi connectivity index (χ2n) is 8.91. The molecule has 1 saturated carbocycles. The van der Waals surface area contributed by atoms with E-state index in [1.807, 2.05) is 12.1 Å². The quantitative estimate of drug-likeness (QED) is 0.194. The van der Waals surface area contributed by atoms with Crippen LogP contribution in [0, 0.1) is 5.92 Å². The van der Waals surface area contributed by atoms with Crippen molar-refractivity contribution in [1.82, 2.24) is 0 Å². The zero-order chi connectivity index (χ0) is 22.4. The first-order valence-corrected chi connectivity index (χ1v) is 12.6. The molecule has 0 amide bonds. The van der Waals surface area contributed by atoms with Crippen LogP contribution in [0.1, 0.15) is 63.4 Å². The van der Waals surface area contributed by atoms with Crippen molar-refractivity contribution in [2.45, 2.75) is 80.3 Å². The van der Waals surface area contributed by atoms with E-state index >= 15 is 0 Å². The monoisotopic (exact) mass is 585 g/mol. The second kappa shape index (κ2) is 12.4. The van der Waals surface area contributed by atoms with Crippen molar-refractivity contribution in [3.63, 3.8) is 0 Å². The van der Waals surface area contributed by atoms with E-state index in [9.17, 15) is 13.2 Å². The van der Waals surface area contributed by atoms with E-state index in [1.165, 1.54) is 80.8 Å². The number of unbranched alkanes of at least 4 members (excludes halogenated alkanes) is 2. The molecule has 1 aromatic heterocycles. The topological polar surface area (TPSA) is 3.88 Å². The number of para-hydroxylation sites is 1. The van der Waals surface area contributed by atoms with Crippen molar-refractivity contribution in [3.8, 4) is 0 Å². The Morgan fingerprint density at radius 2 is 1.64 bits per heavy atom. The van der Waals surface area contributed by atoms with Gasteiger partial charge in [-0.25, -0.2) is 0 Å². The summed E-state index contributed by atoms with van der Waals surface area (Å²) in [6.07, 6.45) is 9.82. The van der Waals surface area contributed by atoms with Gasteiger partial charge in [-0.1, -0.05) is 74.9 Å². The van der Waals surface area contributed by atoms with Crippen molar-refractivity contribution in [2.75, 3.05) is 0 Å². The molecule has 0 bridgehead atoms. The highest BCUT2D eigenvalue weighted by molar-refractivity contribution is 7.99. The first-order chi connectivity index (χ1) is 15.5. The fraction of sp³-hybridized carbons (Fsp3) is 0.444. The van der Waals surface area contributed by atoms with Gasteiger partial charge in [0.15, 0.2) is 6.20 Å². The van der Waals surface area contributed by atoms with Crippen molar-refractivity contribution in [3.05, 3.63) is 66.4 Å². The number of rotatable bonds is 8. The van der Waals surface area contributed by atoms with Gasteiger partial charge in [-0.15, -0.1) is 0 Å². The molecule has 1 aliphatic rings. The number of nitrogens with zero attached hydrogens (tertiary/aromatic N) is 1. The minimum absolute atomic E-state index is 0. The predicted molar refractivity (Wildman–Crippen MR) is 125 cm³/mol. The Bertz CT molecular complexity index is 1030. The van der Waals surface area contributed by atoms with Gasteiger partial charge in [-0.05, 0) is 42.7 Å². The molecular weight excluding hydrogens is 554 g/mol. The molecule has 1 nitrogen and oxygen atoms in total. The van der Waals surface area contributed by atoms with E-state index in [0.717, 1.165) is 35.2 Å². The number of halogens is 4. The van der Waals surface area contributed by atoms with Gasteiger partial charge < -0.3 is 24.0 Å². The Morgan fingerprint density at radius 3 is 2.42 bits per heavy atom. The molecule has 1 heterocycles. The largest absolute Gasteiger partial charge is 1.00 e. The van der Waals surface area contributed by atoms with E-state index in [0.29, 0.717) is 4.90 Å². The van der Waals surface area contributed by atoms with Crippen LogP contribution in [0.3, 0.4) is 0 Å². The molecule has 0 atom stereocenters. The number of alkyl halides is 3. The predicted octanol–water partition coefficient (Wildman–Crippen LogP) is 5.44.